The first-order chi connectivity index (χ1) is 9.59. The number of nitrogens with zero attached hydrogens (tertiary/aromatic N) is 1. The molecule has 0 aliphatic heterocycles. The minimum atomic E-state index is -4.54. The molecule has 5 nitrogen and oxygen atoms in total. The van der Waals surface area contributed by atoms with Gasteiger partial charge in [-0.2, -0.15) is 13.2 Å². The van der Waals surface area contributed by atoms with Crippen LogP contribution in [0.15, 0.2) is 5.38 Å². The minimum absolute atomic E-state index is 0.104. The van der Waals surface area contributed by atoms with Crippen molar-refractivity contribution in [2.75, 3.05) is 11.5 Å². The van der Waals surface area contributed by atoms with Gasteiger partial charge in [-0.1, -0.05) is 13.8 Å². The number of nitrogens with one attached hydrogen (secondary N) is 1. The summed E-state index contributed by atoms with van der Waals surface area (Å²) < 4.78 is 60.1. The van der Waals surface area contributed by atoms with Gasteiger partial charge >= 0.3 is 6.18 Å². The molecule has 0 aliphatic carbocycles. The van der Waals surface area contributed by atoms with E-state index in [1.807, 2.05) is 0 Å². The maximum absolute atomic E-state index is 12.5. The van der Waals surface area contributed by atoms with Crippen LogP contribution in [0.4, 0.5) is 13.2 Å². The van der Waals surface area contributed by atoms with Crippen LogP contribution in [0.1, 0.15) is 37.0 Å². The second-order valence-electron chi connectivity index (χ2n) is 4.27. The van der Waals surface area contributed by atoms with Crippen molar-refractivity contribution >= 4 is 27.1 Å². The monoisotopic (exact) mass is 344 g/mol. The number of rotatable bonds is 6. The highest BCUT2D eigenvalue weighted by Gasteiger charge is 2.34. The number of hydrogen-bond donors (Lipinski definition) is 1. The fourth-order valence-electron chi connectivity index (χ4n) is 1.45. The number of amides is 1. The lowest BCUT2D eigenvalue weighted by Crippen LogP contribution is -2.33. The summed E-state index contributed by atoms with van der Waals surface area (Å²) in [5.41, 5.74) is -1.02. The molecule has 1 N–H and O–H groups in total. The van der Waals surface area contributed by atoms with Gasteiger partial charge in [0.1, 0.15) is 10.8 Å². The molecule has 0 spiro atoms. The molecular formula is C11H15F3N2O3S2. The molecule has 0 saturated heterocycles. The van der Waals surface area contributed by atoms with Gasteiger partial charge in [0.2, 0.25) is 5.91 Å². The van der Waals surface area contributed by atoms with Crippen LogP contribution < -0.4 is 5.32 Å². The number of carbonyl (C=O) groups is 1. The van der Waals surface area contributed by atoms with E-state index >= 15 is 0 Å². The fraction of sp³-hybridized carbons (Fsp3) is 0.636. The topological polar surface area (TPSA) is 76.1 Å². The first-order valence-electron chi connectivity index (χ1n) is 6.11. The molecule has 21 heavy (non-hydrogen) atoms. The second-order valence-corrected chi connectivity index (χ2v) is 7.52. The lowest BCUT2D eigenvalue weighted by Gasteiger charge is -2.14. The third kappa shape index (κ3) is 5.27. The van der Waals surface area contributed by atoms with Crippen molar-refractivity contribution in [3.8, 4) is 0 Å². The van der Waals surface area contributed by atoms with Gasteiger partial charge < -0.3 is 5.32 Å². The molecule has 10 heteroatoms. The Labute approximate surface area is 124 Å². The number of sulfone groups is 1. The molecule has 1 aromatic heterocycles. The van der Waals surface area contributed by atoms with Crippen molar-refractivity contribution in [3.05, 3.63) is 16.1 Å². The van der Waals surface area contributed by atoms with Gasteiger partial charge in [-0.3, -0.25) is 4.79 Å². The van der Waals surface area contributed by atoms with Gasteiger partial charge in [0.15, 0.2) is 15.5 Å². The van der Waals surface area contributed by atoms with Crippen LogP contribution in [-0.4, -0.2) is 30.8 Å². The summed E-state index contributed by atoms with van der Waals surface area (Å²) in [5, 5.41) is 3.37. The van der Waals surface area contributed by atoms with Crippen LogP contribution in [0.3, 0.4) is 0 Å². The number of hydrogen-bond acceptors (Lipinski definition) is 5. The Kier molecular flexibility index (Phi) is 5.74. The molecule has 0 fully saturated rings. The Morgan fingerprint density at radius 2 is 2.05 bits per heavy atom. The summed E-state index contributed by atoms with van der Waals surface area (Å²) >= 11 is 0.780. The van der Waals surface area contributed by atoms with Crippen LogP contribution >= 0.6 is 11.3 Å². The van der Waals surface area contributed by atoms with E-state index < -0.39 is 39.4 Å². The summed E-state index contributed by atoms with van der Waals surface area (Å²) in [5.74, 6) is -1.60. The van der Waals surface area contributed by atoms with Gasteiger partial charge in [-0.15, -0.1) is 11.3 Å². The number of thiazole rings is 1. The lowest BCUT2D eigenvalue weighted by molar-refractivity contribution is -0.140. The van der Waals surface area contributed by atoms with E-state index in [-0.39, 0.29) is 10.8 Å². The van der Waals surface area contributed by atoms with Crippen molar-refractivity contribution in [2.45, 2.75) is 32.5 Å². The van der Waals surface area contributed by atoms with E-state index in [9.17, 15) is 26.4 Å². The van der Waals surface area contributed by atoms with Gasteiger partial charge in [0.25, 0.3) is 0 Å². The van der Waals surface area contributed by atoms with E-state index in [0.29, 0.717) is 6.42 Å². The Bertz CT molecular complexity index is 596. The second kappa shape index (κ2) is 6.73. The number of halogens is 3. The number of carbonyl (C=O) groups excluding carboxylic acids is 1. The SMILES string of the molecule is CCC(NC(=O)CS(=O)(=O)CC)c1nc(C(F)(F)F)cs1. The molecule has 120 valence electrons. The molecule has 1 atom stereocenters. The van der Waals surface area contributed by atoms with E-state index in [1.165, 1.54) is 6.92 Å². The Morgan fingerprint density at radius 3 is 2.48 bits per heavy atom. The highest BCUT2D eigenvalue weighted by Crippen LogP contribution is 2.32. The predicted molar refractivity (Wildman–Crippen MR) is 72.6 cm³/mol. The van der Waals surface area contributed by atoms with Gasteiger partial charge in [-0.25, -0.2) is 13.4 Å². The molecule has 0 radical (unpaired) electrons. The molecule has 1 unspecified atom stereocenters. The number of alkyl halides is 3. The molecule has 1 aromatic rings. The predicted octanol–water partition coefficient (Wildman–Crippen LogP) is 2.16. The largest absolute Gasteiger partial charge is 0.434 e. The fourth-order valence-corrected chi connectivity index (χ4v) is 3.10. The highest BCUT2D eigenvalue weighted by atomic mass is 32.2. The average molecular weight is 344 g/mol. The van der Waals surface area contributed by atoms with Crippen LogP contribution in [-0.2, 0) is 20.8 Å². The van der Waals surface area contributed by atoms with Crippen LogP contribution in [0, 0.1) is 0 Å². The smallest absolute Gasteiger partial charge is 0.346 e. The molecule has 0 aromatic carbocycles. The van der Waals surface area contributed by atoms with Crippen molar-refractivity contribution in [3.63, 3.8) is 0 Å². The van der Waals surface area contributed by atoms with Crippen molar-refractivity contribution in [1.29, 1.82) is 0 Å². The Balaban J connectivity index is 2.80. The van der Waals surface area contributed by atoms with E-state index in [4.69, 9.17) is 0 Å². The molecular weight excluding hydrogens is 329 g/mol. The minimum Gasteiger partial charge on any atom is -0.346 e. The zero-order chi connectivity index (χ0) is 16.3. The van der Waals surface area contributed by atoms with Crippen LogP contribution in [0.25, 0.3) is 0 Å². The van der Waals surface area contributed by atoms with Crippen molar-refractivity contribution in [1.82, 2.24) is 10.3 Å². The first kappa shape index (κ1) is 17.9. The highest BCUT2D eigenvalue weighted by molar-refractivity contribution is 7.92. The van der Waals surface area contributed by atoms with E-state index in [2.05, 4.69) is 10.3 Å². The first-order valence-corrected chi connectivity index (χ1v) is 8.81. The quantitative estimate of drug-likeness (QED) is 0.858. The molecule has 1 rings (SSSR count). The Hall–Kier alpha value is -1.16. The molecule has 1 amide bonds. The van der Waals surface area contributed by atoms with E-state index in [0.717, 1.165) is 16.7 Å². The summed E-state index contributed by atoms with van der Waals surface area (Å²) in [6, 6.07) is -0.731. The van der Waals surface area contributed by atoms with Gasteiger partial charge in [0, 0.05) is 11.1 Å². The maximum atomic E-state index is 12.5. The lowest BCUT2D eigenvalue weighted by atomic mass is 10.2. The maximum Gasteiger partial charge on any atom is 0.434 e. The molecule has 0 bridgehead atoms. The van der Waals surface area contributed by atoms with E-state index in [1.54, 1.807) is 6.92 Å². The molecule has 0 saturated carbocycles. The average Bonchev–Trinajstić information content (AvgIpc) is 2.84. The normalized spacial score (nSPS) is 14.0. The standard InChI is InChI=1S/C11H15F3N2O3S2/c1-3-7(15-9(17)6-21(18,19)4-2)10-16-8(5-20-10)11(12,13)14/h5,7H,3-4,6H2,1-2H3,(H,15,17). The van der Waals surface area contributed by atoms with Crippen LogP contribution in [0.5, 0.6) is 0 Å². The van der Waals surface area contributed by atoms with Crippen molar-refractivity contribution in [2.24, 2.45) is 0 Å². The molecule has 1 heterocycles. The molecule has 0 aliphatic rings. The summed E-state index contributed by atoms with van der Waals surface area (Å²) in [6.07, 6.45) is -4.23. The summed E-state index contributed by atoms with van der Waals surface area (Å²) in [4.78, 5) is 15.1. The van der Waals surface area contributed by atoms with Gasteiger partial charge in [0.05, 0.1) is 6.04 Å². The van der Waals surface area contributed by atoms with Crippen LogP contribution in [0.2, 0.25) is 0 Å². The summed E-state index contributed by atoms with van der Waals surface area (Å²) in [6.45, 7) is 3.07. The zero-order valence-corrected chi connectivity index (χ0v) is 13.0. The third-order valence-electron chi connectivity index (χ3n) is 2.64. The van der Waals surface area contributed by atoms with Gasteiger partial charge in [-0.05, 0) is 6.42 Å². The Morgan fingerprint density at radius 1 is 1.43 bits per heavy atom. The summed E-state index contributed by atoms with van der Waals surface area (Å²) in [7, 11) is -3.48. The van der Waals surface area contributed by atoms with Crippen molar-refractivity contribution < 1.29 is 26.4 Å². The third-order valence-corrected chi connectivity index (χ3v) is 5.18. The number of aromatic nitrogens is 1. The zero-order valence-electron chi connectivity index (χ0n) is 11.4.